The first kappa shape index (κ1) is 21.8. The standard InChI is InChI=1S/C23H34O7/c1-12(2)16-9-20(26)11-19(6)10-17(25)30-23(22(20,28)14(16)4)18(29-15(5)24)13(3)7-8-21(19,23)27/h12-13,18,26-28H,7-11H2,1-6H3. The summed E-state index contributed by atoms with van der Waals surface area (Å²) in [6, 6.07) is 0. The average Bonchev–Trinajstić information content (AvgIpc) is 2.81. The van der Waals surface area contributed by atoms with Crippen molar-refractivity contribution in [2.75, 3.05) is 0 Å². The lowest BCUT2D eigenvalue weighted by atomic mass is 9.40. The van der Waals surface area contributed by atoms with Gasteiger partial charge in [0.2, 0.25) is 5.60 Å². The van der Waals surface area contributed by atoms with Crippen molar-refractivity contribution in [3.63, 3.8) is 0 Å². The minimum atomic E-state index is -2.07. The maximum absolute atomic E-state index is 12.9. The molecule has 2 saturated carbocycles. The molecule has 1 heterocycles. The monoisotopic (exact) mass is 422 g/mol. The average molecular weight is 423 g/mol. The smallest absolute Gasteiger partial charge is 0.307 e. The van der Waals surface area contributed by atoms with Crippen molar-refractivity contribution in [2.45, 2.75) is 102 Å². The van der Waals surface area contributed by atoms with Crippen LogP contribution in [0.3, 0.4) is 0 Å². The van der Waals surface area contributed by atoms with Gasteiger partial charge in [0, 0.05) is 18.8 Å². The third kappa shape index (κ3) is 2.16. The van der Waals surface area contributed by atoms with Crippen molar-refractivity contribution < 1.29 is 34.4 Å². The van der Waals surface area contributed by atoms with E-state index in [1.165, 1.54) is 6.92 Å². The molecule has 1 aliphatic heterocycles. The third-order valence-electron chi connectivity index (χ3n) is 8.69. The Balaban J connectivity index is 2.09. The Hall–Kier alpha value is -1.44. The summed E-state index contributed by atoms with van der Waals surface area (Å²) in [6.07, 6.45) is -0.0649. The molecule has 7 atom stereocenters. The van der Waals surface area contributed by atoms with Gasteiger partial charge in [-0.15, -0.1) is 0 Å². The number of fused-ring (bicyclic) bond motifs is 1. The van der Waals surface area contributed by atoms with E-state index in [4.69, 9.17) is 9.47 Å². The molecular weight excluding hydrogens is 388 g/mol. The molecule has 4 rings (SSSR count). The number of esters is 2. The SMILES string of the molecule is CC(=O)OC1C(C)CCC2(O)C3(C)CC(=O)OC12C1(O)C(C)=C(C(C)C)CC1(O)C3. The molecule has 4 aliphatic rings. The van der Waals surface area contributed by atoms with Gasteiger partial charge in [-0.25, -0.2) is 0 Å². The first-order valence-electron chi connectivity index (χ1n) is 11.0. The van der Waals surface area contributed by atoms with Crippen LogP contribution in [0.1, 0.15) is 73.6 Å². The Kier molecular flexibility index (Phi) is 4.41. The van der Waals surface area contributed by atoms with Gasteiger partial charge < -0.3 is 24.8 Å². The summed E-state index contributed by atoms with van der Waals surface area (Å²) in [7, 11) is 0. The molecule has 0 spiro atoms. The summed E-state index contributed by atoms with van der Waals surface area (Å²) in [5.74, 6) is -1.39. The van der Waals surface area contributed by atoms with Crippen LogP contribution in [-0.2, 0) is 19.1 Å². The van der Waals surface area contributed by atoms with E-state index < -0.39 is 45.9 Å². The van der Waals surface area contributed by atoms with Crippen LogP contribution in [0.15, 0.2) is 11.1 Å². The van der Waals surface area contributed by atoms with Gasteiger partial charge in [0.15, 0.2) is 11.7 Å². The molecule has 7 unspecified atom stereocenters. The van der Waals surface area contributed by atoms with Crippen LogP contribution in [0.2, 0.25) is 0 Å². The topological polar surface area (TPSA) is 113 Å². The molecule has 0 aromatic heterocycles. The number of aliphatic hydroxyl groups is 3. The Bertz CT molecular complexity index is 848. The van der Waals surface area contributed by atoms with Crippen LogP contribution in [0.5, 0.6) is 0 Å². The predicted octanol–water partition coefficient (Wildman–Crippen LogP) is 2.01. The van der Waals surface area contributed by atoms with Gasteiger partial charge in [-0.2, -0.15) is 0 Å². The predicted molar refractivity (Wildman–Crippen MR) is 107 cm³/mol. The lowest BCUT2D eigenvalue weighted by Gasteiger charge is -2.73. The fraction of sp³-hybridized carbons (Fsp3) is 0.826. The van der Waals surface area contributed by atoms with E-state index >= 15 is 0 Å². The maximum Gasteiger partial charge on any atom is 0.307 e. The lowest BCUT2D eigenvalue weighted by Crippen LogP contribution is -2.90. The first-order chi connectivity index (χ1) is 13.7. The molecule has 2 bridgehead atoms. The second kappa shape index (κ2) is 6.08. The molecule has 0 aromatic rings. The zero-order valence-corrected chi connectivity index (χ0v) is 18.7. The molecule has 1 saturated heterocycles. The number of rotatable bonds is 2. The van der Waals surface area contributed by atoms with Crippen molar-refractivity contribution in [3.05, 3.63) is 11.1 Å². The molecule has 0 aromatic carbocycles. The summed E-state index contributed by atoms with van der Waals surface area (Å²) >= 11 is 0. The summed E-state index contributed by atoms with van der Waals surface area (Å²) in [5, 5.41) is 36.6. The number of hydrogen-bond donors (Lipinski definition) is 3. The summed E-state index contributed by atoms with van der Waals surface area (Å²) in [6.45, 7) is 10.6. The van der Waals surface area contributed by atoms with E-state index in [0.717, 1.165) is 5.57 Å². The highest BCUT2D eigenvalue weighted by atomic mass is 16.6. The molecule has 7 nitrogen and oxygen atoms in total. The van der Waals surface area contributed by atoms with Crippen molar-refractivity contribution in [3.8, 4) is 0 Å². The van der Waals surface area contributed by atoms with Crippen LogP contribution in [0.25, 0.3) is 0 Å². The fourth-order valence-corrected chi connectivity index (χ4v) is 7.40. The Morgan fingerprint density at radius 2 is 1.87 bits per heavy atom. The van der Waals surface area contributed by atoms with Gasteiger partial charge in [0.1, 0.15) is 11.2 Å². The van der Waals surface area contributed by atoms with Gasteiger partial charge >= 0.3 is 11.9 Å². The van der Waals surface area contributed by atoms with Crippen LogP contribution in [0.4, 0.5) is 0 Å². The number of carbonyl (C=O) groups is 2. The van der Waals surface area contributed by atoms with E-state index in [-0.39, 0.29) is 37.5 Å². The molecule has 3 N–H and O–H groups in total. The number of carbonyl (C=O) groups excluding carboxylic acids is 2. The zero-order valence-electron chi connectivity index (χ0n) is 18.7. The van der Waals surface area contributed by atoms with E-state index in [9.17, 15) is 24.9 Å². The van der Waals surface area contributed by atoms with E-state index in [1.807, 2.05) is 20.8 Å². The zero-order chi connectivity index (χ0) is 22.5. The fourth-order valence-electron chi connectivity index (χ4n) is 7.40. The van der Waals surface area contributed by atoms with Gasteiger partial charge in [0.05, 0.1) is 6.42 Å². The maximum atomic E-state index is 12.9. The lowest BCUT2D eigenvalue weighted by molar-refractivity contribution is -0.400. The molecule has 3 fully saturated rings. The molecule has 30 heavy (non-hydrogen) atoms. The van der Waals surface area contributed by atoms with E-state index in [1.54, 1.807) is 13.8 Å². The molecule has 168 valence electrons. The Morgan fingerprint density at radius 3 is 2.43 bits per heavy atom. The Morgan fingerprint density at radius 1 is 1.23 bits per heavy atom. The van der Waals surface area contributed by atoms with E-state index in [2.05, 4.69) is 0 Å². The molecule has 3 aliphatic carbocycles. The van der Waals surface area contributed by atoms with Crippen LogP contribution < -0.4 is 0 Å². The van der Waals surface area contributed by atoms with Gasteiger partial charge in [0.25, 0.3) is 0 Å². The molecule has 7 heteroatoms. The van der Waals surface area contributed by atoms with Crippen molar-refractivity contribution >= 4 is 11.9 Å². The third-order valence-corrected chi connectivity index (χ3v) is 8.69. The highest BCUT2D eigenvalue weighted by Gasteiger charge is 2.88. The van der Waals surface area contributed by atoms with Crippen molar-refractivity contribution in [1.82, 2.24) is 0 Å². The minimum Gasteiger partial charge on any atom is -0.458 e. The van der Waals surface area contributed by atoms with Gasteiger partial charge in [-0.05, 0) is 43.6 Å². The second-order valence-corrected chi connectivity index (χ2v) is 10.8. The highest BCUT2D eigenvalue weighted by Crippen LogP contribution is 2.72. The molecule has 0 radical (unpaired) electrons. The molecular formula is C23H34O7. The number of hydrogen-bond acceptors (Lipinski definition) is 7. The summed E-state index contributed by atoms with van der Waals surface area (Å²) in [4.78, 5) is 25.0. The van der Waals surface area contributed by atoms with Crippen LogP contribution in [-0.4, -0.2) is 55.8 Å². The normalized spacial score (nSPS) is 50.1. The summed E-state index contributed by atoms with van der Waals surface area (Å²) < 4.78 is 11.7. The van der Waals surface area contributed by atoms with E-state index in [0.29, 0.717) is 12.0 Å². The highest BCUT2D eigenvalue weighted by molar-refractivity contribution is 5.75. The van der Waals surface area contributed by atoms with Crippen LogP contribution in [0, 0.1) is 17.3 Å². The quantitative estimate of drug-likeness (QED) is 0.461. The molecule has 0 amide bonds. The second-order valence-electron chi connectivity index (χ2n) is 10.8. The van der Waals surface area contributed by atoms with Gasteiger partial charge in [-0.1, -0.05) is 33.3 Å². The number of ether oxygens (including phenoxy) is 2. The van der Waals surface area contributed by atoms with Gasteiger partial charge in [-0.3, -0.25) is 9.59 Å². The van der Waals surface area contributed by atoms with Crippen LogP contribution >= 0.6 is 0 Å². The Labute approximate surface area is 177 Å². The summed E-state index contributed by atoms with van der Waals surface area (Å²) in [5.41, 5.74) is -7.01. The van der Waals surface area contributed by atoms with Crippen molar-refractivity contribution in [2.24, 2.45) is 17.3 Å². The largest absolute Gasteiger partial charge is 0.458 e. The van der Waals surface area contributed by atoms with Crippen molar-refractivity contribution in [1.29, 1.82) is 0 Å². The minimum absolute atomic E-state index is 0.0460. The first-order valence-corrected chi connectivity index (χ1v) is 11.0.